The van der Waals surface area contributed by atoms with Crippen LogP contribution in [0.2, 0.25) is 0 Å². The quantitative estimate of drug-likeness (QED) is 0.725. The summed E-state index contributed by atoms with van der Waals surface area (Å²) in [7, 11) is -0.417. The molecule has 0 radical (unpaired) electrons. The van der Waals surface area contributed by atoms with E-state index in [2.05, 4.69) is 4.72 Å². The molecule has 8 heteroatoms. The summed E-state index contributed by atoms with van der Waals surface area (Å²) in [6.45, 7) is 4.17. The maximum Gasteiger partial charge on any atom is 0.254 e. The van der Waals surface area contributed by atoms with E-state index in [-0.39, 0.29) is 22.9 Å². The van der Waals surface area contributed by atoms with Gasteiger partial charge in [-0.15, -0.1) is 0 Å². The van der Waals surface area contributed by atoms with Crippen molar-refractivity contribution >= 4 is 15.9 Å². The van der Waals surface area contributed by atoms with Crippen molar-refractivity contribution in [3.05, 3.63) is 53.6 Å². The lowest BCUT2D eigenvalue weighted by molar-refractivity contribution is 0.0735. The second-order valence-electron chi connectivity index (χ2n) is 7.57. The van der Waals surface area contributed by atoms with Crippen molar-refractivity contribution in [1.82, 2.24) is 9.62 Å². The minimum absolute atomic E-state index is 0.0664. The molecule has 0 aliphatic carbocycles. The second kappa shape index (κ2) is 9.06. The number of sulfonamides is 1. The van der Waals surface area contributed by atoms with Crippen LogP contribution >= 0.6 is 0 Å². The van der Waals surface area contributed by atoms with E-state index in [1.807, 2.05) is 23.1 Å². The number of carbonyl (C=O) groups is 1. The number of nitrogens with one attached hydrogen (secondary N) is 1. The third kappa shape index (κ3) is 4.60. The second-order valence-corrected chi connectivity index (χ2v) is 9.29. The minimum Gasteiger partial charge on any atom is -0.493 e. The van der Waals surface area contributed by atoms with E-state index in [9.17, 15) is 13.2 Å². The number of ether oxygens (including phenoxy) is 2. The summed E-state index contributed by atoms with van der Waals surface area (Å²) in [5.74, 6) is 1.15. The van der Waals surface area contributed by atoms with Crippen molar-refractivity contribution in [2.45, 2.75) is 43.7 Å². The SMILES string of the molecule is COc1ccc(C2CCCN2C(=O)c2ccc(S(=O)(=O)NC(C)C)cc2)cc1OC. The van der Waals surface area contributed by atoms with E-state index in [1.54, 1.807) is 40.2 Å². The fraction of sp³-hybridized carbons (Fsp3) is 0.409. The molecule has 0 bridgehead atoms. The lowest BCUT2D eigenvalue weighted by atomic mass is 10.0. The largest absolute Gasteiger partial charge is 0.493 e. The molecule has 0 saturated carbocycles. The zero-order valence-electron chi connectivity index (χ0n) is 17.7. The highest BCUT2D eigenvalue weighted by molar-refractivity contribution is 7.89. The van der Waals surface area contributed by atoms with Gasteiger partial charge >= 0.3 is 0 Å². The van der Waals surface area contributed by atoms with Crippen molar-refractivity contribution in [3.8, 4) is 11.5 Å². The normalized spacial score (nSPS) is 16.7. The number of carbonyl (C=O) groups excluding carboxylic acids is 1. The van der Waals surface area contributed by atoms with Crippen LogP contribution in [0.3, 0.4) is 0 Å². The van der Waals surface area contributed by atoms with Gasteiger partial charge in [0.2, 0.25) is 10.0 Å². The fourth-order valence-electron chi connectivity index (χ4n) is 3.74. The van der Waals surface area contributed by atoms with Crippen molar-refractivity contribution < 1.29 is 22.7 Å². The van der Waals surface area contributed by atoms with E-state index >= 15 is 0 Å². The Kier molecular flexibility index (Phi) is 6.67. The number of methoxy groups -OCH3 is 2. The fourth-order valence-corrected chi connectivity index (χ4v) is 4.99. The van der Waals surface area contributed by atoms with Crippen LogP contribution in [0.5, 0.6) is 11.5 Å². The topological polar surface area (TPSA) is 84.9 Å². The predicted octanol–water partition coefficient (Wildman–Crippen LogP) is 3.37. The van der Waals surface area contributed by atoms with Gasteiger partial charge in [0.05, 0.1) is 25.2 Å². The van der Waals surface area contributed by atoms with Gasteiger partial charge in [0.15, 0.2) is 11.5 Å². The van der Waals surface area contributed by atoms with Gasteiger partial charge in [-0.3, -0.25) is 4.79 Å². The molecule has 3 rings (SSSR count). The van der Waals surface area contributed by atoms with Crippen LogP contribution < -0.4 is 14.2 Å². The number of likely N-dealkylation sites (tertiary alicyclic amines) is 1. The smallest absolute Gasteiger partial charge is 0.254 e. The van der Waals surface area contributed by atoms with Crippen molar-refractivity contribution in [2.75, 3.05) is 20.8 Å². The predicted molar refractivity (Wildman–Crippen MR) is 114 cm³/mol. The molecule has 1 unspecified atom stereocenters. The molecular weight excluding hydrogens is 404 g/mol. The van der Waals surface area contributed by atoms with Gasteiger partial charge in [-0.25, -0.2) is 13.1 Å². The van der Waals surface area contributed by atoms with Gasteiger partial charge < -0.3 is 14.4 Å². The zero-order chi connectivity index (χ0) is 21.9. The Hall–Kier alpha value is -2.58. The average Bonchev–Trinajstić information content (AvgIpc) is 3.21. The molecule has 2 aromatic carbocycles. The Morgan fingerprint density at radius 2 is 1.73 bits per heavy atom. The molecule has 2 aromatic rings. The maximum atomic E-state index is 13.2. The maximum absolute atomic E-state index is 13.2. The molecule has 1 fully saturated rings. The molecule has 1 aliphatic heterocycles. The Balaban J connectivity index is 1.82. The zero-order valence-corrected chi connectivity index (χ0v) is 18.5. The van der Waals surface area contributed by atoms with E-state index in [0.717, 1.165) is 18.4 Å². The average molecular weight is 433 g/mol. The van der Waals surface area contributed by atoms with Gasteiger partial charge in [0.25, 0.3) is 5.91 Å². The van der Waals surface area contributed by atoms with E-state index < -0.39 is 10.0 Å². The molecule has 1 saturated heterocycles. The first-order valence-electron chi connectivity index (χ1n) is 9.92. The number of amides is 1. The van der Waals surface area contributed by atoms with Gasteiger partial charge in [-0.1, -0.05) is 6.07 Å². The number of nitrogens with zero attached hydrogens (tertiary/aromatic N) is 1. The molecule has 1 aliphatic rings. The van der Waals surface area contributed by atoms with Crippen LogP contribution in [0.1, 0.15) is 48.7 Å². The molecule has 1 N–H and O–H groups in total. The number of rotatable bonds is 7. The van der Waals surface area contributed by atoms with Gasteiger partial charge in [-0.05, 0) is 68.7 Å². The Labute approximate surface area is 178 Å². The van der Waals surface area contributed by atoms with Crippen molar-refractivity contribution in [3.63, 3.8) is 0 Å². The molecule has 162 valence electrons. The Bertz CT molecular complexity index is 1000. The van der Waals surface area contributed by atoms with Crippen LogP contribution in [-0.2, 0) is 10.0 Å². The minimum atomic E-state index is -3.59. The molecule has 1 amide bonds. The lowest BCUT2D eigenvalue weighted by Crippen LogP contribution is -2.31. The molecule has 1 heterocycles. The number of hydrogen-bond acceptors (Lipinski definition) is 5. The first kappa shape index (κ1) is 22.1. The summed E-state index contributed by atoms with van der Waals surface area (Å²) in [6.07, 6.45) is 1.75. The summed E-state index contributed by atoms with van der Waals surface area (Å²) in [4.78, 5) is 15.1. The summed E-state index contributed by atoms with van der Waals surface area (Å²) < 4.78 is 37.8. The summed E-state index contributed by atoms with van der Waals surface area (Å²) in [5, 5.41) is 0. The third-order valence-corrected chi connectivity index (χ3v) is 6.78. The highest BCUT2D eigenvalue weighted by atomic mass is 32.2. The summed E-state index contributed by atoms with van der Waals surface area (Å²) in [6, 6.07) is 11.5. The first-order chi connectivity index (χ1) is 14.3. The van der Waals surface area contributed by atoms with E-state index in [1.165, 1.54) is 12.1 Å². The number of benzene rings is 2. The van der Waals surface area contributed by atoms with Gasteiger partial charge in [0, 0.05) is 18.2 Å². The monoisotopic (exact) mass is 432 g/mol. The van der Waals surface area contributed by atoms with Crippen LogP contribution in [0.25, 0.3) is 0 Å². The van der Waals surface area contributed by atoms with Gasteiger partial charge in [0.1, 0.15) is 0 Å². The van der Waals surface area contributed by atoms with Crippen molar-refractivity contribution in [1.29, 1.82) is 0 Å². The summed E-state index contributed by atoms with van der Waals surface area (Å²) >= 11 is 0. The lowest BCUT2D eigenvalue weighted by Gasteiger charge is -2.26. The third-order valence-electron chi connectivity index (χ3n) is 5.11. The molecule has 7 nitrogen and oxygen atoms in total. The Morgan fingerprint density at radius 1 is 1.07 bits per heavy atom. The van der Waals surface area contributed by atoms with Crippen LogP contribution in [0.15, 0.2) is 47.4 Å². The highest BCUT2D eigenvalue weighted by Crippen LogP contribution is 2.37. The van der Waals surface area contributed by atoms with E-state index in [4.69, 9.17) is 9.47 Å². The van der Waals surface area contributed by atoms with Gasteiger partial charge in [-0.2, -0.15) is 0 Å². The van der Waals surface area contributed by atoms with Crippen LogP contribution in [0, 0.1) is 0 Å². The Morgan fingerprint density at radius 3 is 2.33 bits per heavy atom. The van der Waals surface area contributed by atoms with Crippen LogP contribution in [0.4, 0.5) is 0 Å². The molecule has 1 atom stereocenters. The highest BCUT2D eigenvalue weighted by Gasteiger charge is 2.31. The summed E-state index contributed by atoms with van der Waals surface area (Å²) in [5.41, 5.74) is 1.45. The van der Waals surface area contributed by atoms with Crippen molar-refractivity contribution in [2.24, 2.45) is 0 Å². The molecular formula is C22H28N2O5S. The van der Waals surface area contributed by atoms with Crippen LogP contribution in [-0.4, -0.2) is 46.0 Å². The first-order valence-corrected chi connectivity index (χ1v) is 11.4. The molecule has 0 spiro atoms. The molecule has 30 heavy (non-hydrogen) atoms. The standard InChI is InChI=1S/C22H28N2O5S/c1-15(2)23-30(26,27)18-10-7-16(8-11-18)22(25)24-13-5-6-19(24)17-9-12-20(28-3)21(14-17)29-4/h7-12,14-15,19,23H,5-6,13H2,1-4H3. The molecule has 0 aromatic heterocycles. The van der Waals surface area contributed by atoms with E-state index in [0.29, 0.717) is 23.6 Å². The number of hydrogen-bond donors (Lipinski definition) is 1.